The SMILES string of the molecule is CO[C@H]1CCN(C(=O)c2cc(Br)c(F)cc2F)C1. The first-order valence-electron chi connectivity index (χ1n) is 5.49. The van der Waals surface area contributed by atoms with Gasteiger partial charge in [0.15, 0.2) is 0 Å². The highest BCUT2D eigenvalue weighted by atomic mass is 79.9. The summed E-state index contributed by atoms with van der Waals surface area (Å²) in [5, 5.41) is 0. The van der Waals surface area contributed by atoms with Crippen molar-refractivity contribution in [1.82, 2.24) is 4.90 Å². The number of carbonyl (C=O) groups excluding carboxylic acids is 1. The highest BCUT2D eigenvalue weighted by Crippen LogP contribution is 2.23. The predicted molar refractivity (Wildman–Crippen MR) is 65.4 cm³/mol. The van der Waals surface area contributed by atoms with Crippen molar-refractivity contribution in [2.24, 2.45) is 0 Å². The summed E-state index contributed by atoms with van der Waals surface area (Å²) in [6.45, 7) is 0.954. The Balaban J connectivity index is 2.22. The second kappa shape index (κ2) is 5.32. The van der Waals surface area contributed by atoms with Gasteiger partial charge in [-0.3, -0.25) is 4.79 Å². The number of halogens is 3. The molecule has 0 bridgehead atoms. The van der Waals surface area contributed by atoms with E-state index in [9.17, 15) is 13.6 Å². The van der Waals surface area contributed by atoms with Gasteiger partial charge in [0, 0.05) is 26.3 Å². The molecule has 1 saturated heterocycles. The molecule has 0 aromatic heterocycles. The summed E-state index contributed by atoms with van der Waals surface area (Å²) in [4.78, 5) is 13.6. The molecule has 0 unspecified atom stereocenters. The predicted octanol–water partition coefficient (Wildman–Crippen LogP) is 2.59. The van der Waals surface area contributed by atoms with Crippen LogP contribution in [0.15, 0.2) is 16.6 Å². The third-order valence-electron chi connectivity index (χ3n) is 3.01. The lowest BCUT2D eigenvalue weighted by molar-refractivity contribution is 0.0720. The van der Waals surface area contributed by atoms with Crippen molar-refractivity contribution in [1.29, 1.82) is 0 Å². The van der Waals surface area contributed by atoms with Gasteiger partial charge in [-0.15, -0.1) is 0 Å². The normalized spacial score (nSPS) is 19.3. The highest BCUT2D eigenvalue weighted by molar-refractivity contribution is 9.10. The molecule has 1 amide bonds. The van der Waals surface area contributed by atoms with Crippen LogP contribution in [-0.4, -0.2) is 37.1 Å². The largest absolute Gasteiger partial charge is 0.380 e. The van der Waals surface area contributed by atoms with E-state index in [1.54, 1.807) is 7.11 Å². The minimum atomic E-state index is -0.846. The fraction of sp³-hybridized carbons (Fsp3) is 0.417. The number of hydrogen-bond donors (Lipinski definition) is 0. The summed E-state index contributed by atoms with van der Waals surface area (Å²) in [5.41, 5.74) is -0.125. The first-order chi connectivity index (χ1) is 8.52. The fourth-order valence-corrected chi connectivity index (χ4v) is 2.31. The van der Waals surface area contributed by atoms with E-state index in [4.69, 9.17) is 4.74 Å². The highest BCUT2D eigenvalue weighted by Gasteiger charge is 2.28. The molecule has 18 heavy (non-hydrogen) atoms. The Hall–Kier alpha value is -1.01. The van der Waals surface area contributed by atoms with Crippen molar-refractivity contribution in [2.45, 2.75) is 12.5 Å². The number of rotatable bonds is 2. The summed E-state index contributed by atoms with van der Waals surface area (Å²) >= 11 is 2.95. The molecule has 3 nitrogen and oxygen atoms in total. The van der Waals surface area contributed by atoms with Gasteiger partial charge in [0.1, 0.15) is 11.6 Å². The van der Waals surface area contributed by atoms with Crippen molar-refractivity contribution in [3.8, 4) is 0 Å². The maximum Gasteiger partial charge on any atom is 0.256 e. The first-order valence-corrected chi connectivity index (χ1v) is 6.29. The van der Waals surface area contributed by atoms with Crippen LogP contribution in [0.4, 0.5) is 8.78 Å². The molecule has 6 heteroatoms. The number of nitrogens with zero attached hydrogens (tertiary/aromatic N) is 1. The van der Waals surface area contributed by atoms with Crippen molar-refractivity contribution in [3.63, 3.8) is 0 Å². The zero-order valence-corrected chi connectivity index (χ0v) is 11.3. The monoisotopic (exact) mass is 319 g/mol. The van der Waals surface area contributed by atoms with E-state index < -0.39 is 17.5 Å². The quantitative estimate of drug-likeness (QED) is 0.784. The molecule has 2 rings (SSSR count). The van der Waals surface area contributed by atoms with Crippen LogP contribution in [0.25, 0.3) is 0 Å². The molecule has 1 aromatic carbocycles. The molecule has 0 spiro atoms. The molecular formula is C12H12BrF2NO2. The molecule has 1 atom stereocenters. The van der Waals surface area contributed by atoms with Crippen molar-refractivity contribution in [2.75, 3.05) is 20.2 Å². The van der Waals surface area contributed by atoms with Gasteiger partial charge >= 0.3 is 0 Å². The van der Waals surface area contributed by atoms with Gasteiger partial charge in [0.25, 0.3) is 5.91 Å². The van der Waals surface area contributed by atoms with Gasteiger partial charge in [-0.1, -0.05) is 0 Å². The number of likely N-dealkylation sites (tertiary alicyclic amines) is 1. The van der Waals surface area contributed by atoms with Crippen LogP contribution in [0, 0.1) is 11.6 Å². The average molecular weight is 320 g/mol. The van der Waals surface area contributed by atoms with Crippen molar-refractivity contribution < 1.29 is 18.3 Å². The Labute approximate surface area is 112 Å². The van der Waals surface area contributed by atoms with E-state index in [-0.39, 0.29) is 16.1 Å². The molecule has 1 aromatic rings. The lowest BCUT2D eigenvalue weighted by Crippen LogP contribution is -2.30. The number of benzene rings is 1. The average Bonchev–Trinajstić information content (AvgIpc) is 2.81. The Kier molecular flexibility index (Phi) is 3.97. The minimum Gasteiger partial charge on any atom is -0.380 e. The standard InChI is InChI=1S/C12H12BrF2NO2/c1-18-7-2-3-16(6-7)12(17)8-4-9(13)11(15)5-10(8)14/h4-5,7H,2-3,6H2,1H3/t7-/m0/s1. The Morgan fingerprint density at radius 2 is 2.17 bits per heavy atom. The molecule has 98 valence electrons. The topological polar surface area (TPSA) is 29.5 Å². The molecule has 0 aliphatic carbocycles. The van der Waals surface area contributed by atoms with Crippen LogP contribution in [-0.2, 0) is 4.74 Å². The maximum atomic E-state index is 13.6. The van der Waals surface area contributed by atoms with Crippen molar-refractivity contribution in [3.05, 3.63) is 33.8 Å². The summed E-state index contributed by atoms with van der Waals surface area (Å²) in [5.74, 6) is -2.01. The third kappa shape index (κ3) is 2.54. The summed E-state index contributed by atoms with van der Waals surface area (Å²) in [6.07, 6.45) is 0.715. The third-order valence-corrected chi connectivity index (χ3v) is 3.61. The summed E-state index contributed by atoms with van der Waals surface area (Å²) in [7, 11) is 1.58. The van der Waals surface area contributed by atoms with Gasteiger partial charge < -0.3 is 9.64 Å². The first kappa shape index (κ1) is 13.4. The van der Waals surface area contributed by atoms with Crippen LogP contribution < -0.4 is 0 Å². The summed E-state index contributed by atoms with van der Waals surface area (Å²) < 4.78 is 31.9. The maximum absolute atomic E-state index is 13.6. The van der Waals surface area contributed by atoms with E-state index in [2.05, 4.69) is 15.9 Å². The number of ether oxygens (including phenoxy) is 1. The zero-order chi connectivity index (χ0) is 13.3. The van der Waals surface area contributed by atoms with E-state index in [0.717, 1.165) is 6.42 Å². The van der Waals surface area contributed by atoms with Crippen molar-refractivity contribution >= 4 is 21.8 Å². The number of methoxy groups -OCH3 is 1. The molecule has 1 aliphatic heterocycles. The number of hydrogen-bond acceptors (Lipinski definition) is 2. The van der Waals surface area contributed by atoms with E-state index in [1.807, 2.05) is 0 Å². The molecule has 0 saturated carbocycles. The Morgan fingerprint density at radius 1 is 1.44 bits per heavy atom. The lowest BCUT2D eigenvalue weighted by atomic mass is 10.2. The fourth-order valence-electron chi connectivity index (χ4n) is 1.96. The van der Waals surface area contributed by atoms with Crippen LogP contribution >= 0.6 is 15.9 Å². The van der Waals surface area contributed by atoms with Crippen LogP contribution in [0.2, 0.25) is 0 Å². The number of carbonyl (C=O) groups is 1. The zero-order valence-electron chi connectivity index (χ0n) is 9.75. The smallest absolute Gasteiger partial charge is 0.256 e. The molecule has 1 aliphatic rings. The lowest BCUT2D eigenvalue weighted by Gasteiger charge is -2.16. The van der Waals surface area contributed by atoms with Gasteiger partial charge in [0.05, 0.1) is 16.1 Å². The second-order valence-electron chi connectivity index (χ2n) is 4.14. The van der Waals surface area contributed by atoms with Gasteiger partial charge in [-0.2, -0.15) is 0 Å². The Bertz CT molecular complexity index is 481. The molecular weight excluding hydrogens is 308 g/mol. The van der Waals surface area contributed by atoms with Crippen LogP contribution in [0.3, 0.4) is 0 Å². The Morgan fingerprint density at radius 3 is 2.78 bits per heavy atom. The van der Waals surface area contributed by atoms with Crippen LogP contribution in [0.1, 0.15) is 16.8 Å². The molecule has 1 heterocycles. The van der Waals surface area contributed by atoms with Gasteiger partial charge in [-0.05, 0) is 28.4 Å². The molecule has 1 fully saturated rings. The van der Waals surface area contributed by atoms with E-state index in [0.29, 0.717) is 19.2 Å². The van der Waals surface area contributed by atoms with Gasteiger partial charge in [-0.25, -0.2) is 8.78 Å². The molecule has 0 radical (unpaired) electrons. The number of amides is 1. The van der Waals surface area contributed by atoms with E-state index in [1.165, 1.54) is 11.0 Å². The van der Waals surface area contributed by atoms with E-state index >= 15 is 0 Å². The second-order valence-corrected chi connectivity index (χ2v) is 5.00. The van der Waals surface area contributed by atoms with Crippen LogP contribution in [0.5, 0.6) is 0 Å². The molecule has 0 N–H and O–H groups in total. The summed E-state index contributed by atoms with van der Waals surface area (Å²) in [6, 6.07) is 1.88. The minimum absolute atomic E-state index is 0.0131. The van der Waals surface area contributed by atoms with Gasteiger partial charge in [0.2, 0.25) is 0 Å².